The van der Waals surface area contributed by atoms with Crippen LogP contribution in [0.4, 0.5) is 5.69 Å². The summed E-state index contributed by atoms with van der Waals surface area (Å²) in [6, 6.07) is 4.88. The number of rotatable bonds is 6. The molecule has 0 saturated carbocycles. The SMILES string of the molecule is CN(CCC(=O)Nc1cc(Cl)ccc1Cl)CC(=O)N(C)C. The second-order valence-corrected chi connectivity index (χ2v) is 5.79. The van der Waals surface area contributed by atoms with E-state index in [2.05, 4.69) is 5.32 Å². The molecule has 0 bridgehead atoms. The second kappa shape index (κ2) is 8.22. The summed E-state index contributed by atoms with van der Waals surface area (Å²) in [5.74, 6) is -0.181. The minimum absolute atomic E-state index is 0.00389. The van der Waals surface area contributed by atoms with Crippen molar-refractivity contribution in [2.45, 2.75) is 6.42 Å². The molecular weight excluding hydrogens is 313 g/mol. The summed E-state index contributed by atoms with van der Waals surface area (Å²) in [6.07, 6.45) is 0.264. The summed E-state index contributed by atoms with van der Waals surface area (Å²) >= 11 is 11.8. The lowest BCUT2D eigenvalue weighted by Crippen LogP contribution is -2.35. The molecule has 0 heterocycles. The Hall–Kier alpha value is -1.30. The van der Waals surface area contributed by atoms with E-state index >= 15 is 0 Å². The lowest BCUT2D eigenvalue weighted by atomic mass is 10.3. The topological polar surface area (TPSA) is 52.7 Å². The number of hydrogen-bond acceptors (Lipinski definition) is 3. The highest BCUT2D eigenvalue weighted by Gasteiger charge is 2.11. The Labute approximate surface area is 134 Å². The number of halogens is 2. The number of amides is 2. The minimum Gasteiger partial charge on any atom is -0.348 e. The van der Waals surface area contributed by atoms with Gasteiger partial charge in [-0.3, -0.25) is 14.5 Å². The van der Waals surface area contributed by atoms with E-state index in [1.54, 1.807) is 44.2 Å². The second-order valence-electron chi connectivity index (χ2n) is 4.95. The number of hydrogen-bond donors (Lipinski definition) is 1. The fourth-order valence-corrected chi connectivity index (χ4v) is 1.89. The van der Waals surface area contributed by atoms with Crippen molar-refractivity contribution in [1.82, 2.24) is 9.80 Å². The average Bonchev–Trinajstić information content (AvgIpc) is 2.40. The maximum atomic E-state index is 11.9. The van der Waals surface area contributed by atoms with Crippen molar-refractivity contribution in [3.63, 3.8) is 0 Å². The van der Waals surface area contributed by atoms with Crippen LogP contribution in [0.1, 0.15) is 6.42 Å². The smallest absolute Gasteiger partial charge is 0.236 e. The Morgan fingerprint density at radius 1 is 1.19 bits per heavy atom. The Bertz CT molecular complexity index is 521. The van der Waals surface area contributed by atoms with Crippen LogP contribution in [-0.2, 0) is 9.59 Å². The van der Waals surface area contributed by atoms with Crippen molar-refractivity contribution < 1.29 is 9.59 Å². The van der Waals surface area contributed by atoms with E-state index in [4.69, 9.17) is 23.2 Å². The zero-order chi connectivity index (χ0) is 16.0. The van der Waals surface area contributed by atoms with E-state index < -0.39 is 0 Å². The van der Waals surface area contributed by atoms with Gasteiger partial charge in [0.05, 0.1) is 17.3 Å². The quantitative estimate of drug-likeness (QED) is 0.870. The van der Waals surface area contributed by atoms with Gasteiger partial charge in [-0.15, -0.1) is 0 Å². The molecular formula is C14H19Cl2N3O2. The van der Waals surface area contributed by atoms with Crippen LogP contribution in [0, 0.1) is 0 Å². The monoisotopic (exact) mass is 331 g/mol. The van der Waals surface area contributed by atoms with Gasteiger partial charge in [-0.1, -0.05) is 23.2 Å². The molecule has 1 N–H and O–H groups in total. The normalized spacial score (nSPS) is 10.6. The molecule has 5 nitrogen and oxygen atoms in total. The first-order valence-corrected chi connectivity index (χ1v) is 7.18. The number of benzene rings is 1. The first kappa shape index (κ1) is 17.8. The van der Waals surface area contributed by atoms with Crippen molar-refractivity contribution in [1.29, 1.82) is 0 Å². The Balaban J connectivity index is 2.44. The number of nitrogens with one attached hydrogen (secondary N) is 1. The van der Waals surface area contributed by atoms with Crippen molar-refractivity contribution in [3.8, 4) is 0 Å². The summed E-state index contributed by atoms with van der Waals surface area (Å²) in [6.45, 7) is 0.752. The molecule has 1 aromatic carbocycles. The number of anilines is 1. The van der Waals surface area contributed by atoms with Crippen LogP contribution in [0.25, 0.3) is 0 Å². The standard InChI is InChI=1S/C14H19Cl2N3O2/c1-18(2)14(21)9-19(3)7-6-13(20)17-12-8-10(15)4-5-11(12)16/h4-5,8H,6-7,9H2,1-3H3,(H,17,20). The number of carbonyl (C=O) groups excluding carboxylic acids is 2. The molecule has 0 aliphatic rings. The first-order valence-electron chi connectivity index (χ1n) is 6.43. The molecule has 0 saturated heterocycles. The van der Waals surface area contributed by atoms with E-state index in [0.29, 0.717) is 22.3 Å². The zero-order valence-corrected chi connectivity index (χ0v) is 13.8. The van der Waals surface area contributed by atoms with Gasteiger partial charge in [0.1, 0.15) is 0 Å². The third kappa shape index (κ3) is 6.33. The maximum absolute atomic E-state index is 11.9. The average molecular weight is 332 g/mol. The predicted molar refractivity (Wildman–Crippen MR) is 85.9 cm³/mol. The molecule has 0 aromatic heterocycles. The van der Waals surface area contributed by atoms with E-state index in [0.717, 1.165) is 0 Å². The maximum Gasteiger partial charge on any atom is 0.236 e. The van der Waals surface area contributed by atoms with Crippen LogP contribution < -0.4 is 5.32 Å². The molecule has 0 spiro atoms. The predicted octanol–water partition coefficient (Wildman–Crippen LogP) is 2.34. The molecule has 116 valence electrons. The van der Waals surface area contributed by atoms with Gasteiger partial charge >= 0.3 is 0 Å². The molecule has 0 aliphatic heterocycles. The van der Waals surface area contributed by atoms with Crippen molar-refractivity contribution in [2.24, 2.45) is 0 Å². The van der Waals surface area contributed by atoms with E-state index in [1.807, 2.05) is 0 Å². The van der Waals surface area contributed by atoms with Crippen LogP contribution in [-0.4, -0.2) is 55.8 Å². The van der Waals surface area contributed by atoms with Crippen molar-refractivity contribution in [2.75, 3.05) is 39.5 Å². The summed E-state index contributed by atoms with van der Waals surface area (Å²) in [4.78, 5) is 26.7. The minimum atomic E-state index is -0.177. The third-order valence-corrected chi connectivity index (χ3v) is 3.39. The van der Waals surface area contributed by atoms with Crippen LogP contribution in [0.2, 0.25) is 10.0 Å². The Morgan fingerprint density at radius 3 is 2.48 bits per heavy atom. The molecule has 0 unspecified atom stereocenters. The van der Waals surface area contributed by atoms with Gasteiger partial charge in [-0.05, 0) is 25.2 Å². The van der Waals surface area contributed by atoms with Crippen LogP contribution in [0.5, 0.6) is 0 Å². The van der Waals surface area contributed by atoms with Crippen molar-refractivity contribution in [3.05, 3.63) is 28.2 Å². The lowest BCUT2D eigenvalue weighted by molar-refractivity contribution is -0.130. The molecule has 21 heavy (non-hydrogen) atoms. The van der Waals surface area contributed by atoms with Crippen LogP contribution >= 0.6 is 23.2 Å². The Morgan fingerprint density at radius 2 is 1.86 bits per heavy atom. The lowest BCUT2D eigenvalue weighted by Gasteiger charge is -2.18. The zero-order valence-electron chi connectivity index (χ0n) is 12.3. The molecule has 0 radical (unpaired) electrons. The van der Waals surface area contributed by atoms with Gasteiger partial charge in [-0.2, -0.15) is 0 Å². The highest BCUT2D eigenvalue weighted by Crippen LogP contribution is 2.25. The van der Waals surface area contributed by atoms with Gasteiger partial charge in [0.15, 0.2) is 0 Å². The van der Waals surface area contributed by atoms with Crippen molar-refractivity contribution >= 4 is 40.7 Å². The number of carbonyl (C=O) groups is 2. The molecule has 7 heteroatoms. The van der Waals surface area contributed by atoms with E-state index in [1.165, 1.54) is 4.90 Å². The largest absolute Gasteiger partial charge is 0.348 e. The van der Waals surface area contributed by atoms with Gasteiger partial charge in [-0.25, -0.2) is 0 Å². The summed E-state index contributed by atoms with van der Waals surface area (Å²) in [5, 5.41) is 3.64. The van der Waals surface area contributed by atoms with E-state index in [9.17, 15) is 9.59 Å². The van der Waals surface area contributed by atoms with E-state index in [-0.39, 0.29) is 24.8 Å². The highest BCUT2D eigenvalue weighted by atomic mass is 35.5. The van der Waals surface area contributed by atoms with Gasteiger partial charge in [0, 0.05) is 32.1 Å². The summed E-state index contributed by atoms with van der Waals surface area (Å²) in [7, 11) is 5.19. The van der Waals surface area contributed by atoms with Gasteiger partial charge in [0.2, 0.25) is 11.8 Å². The van der Waals surface area contributed by atoms with Crippen LogP contribution in [0.15, 0.2) is 18.2 Å². The number of nitrogens with zero attached hydrogens (tertiary/aromatic N) is 2. The fourth-order valence-electron chi connectivity index (χ4n) is 1.55. The summed E-state index contributed by atoms with van der Waals surface area (Å²) < 4.78 is 0. The third-order valence-electron chi connectivity index (χ3n) is 2.83. The van der Waals surface area contributed by atoms with Crippen LogP contribution in [0.3, 0.4) is 0 Å². The molecule has 1 aromatic rings. The van der Waals surface area contributed by atoms with Gasteiger partial charge in [0.25, 0.3) is 0 Å². The highest BCUT2D eigenvalue weighted by molar-refractivity contribution is 6.35. The fraction of sp³-hybridized carbons (Fsp3) is 0.429. The Kier molecular flexibility index (Phi) is 6.95. The first-order chi connectivity index (χ1) is 9.79. The molecule has 0 aliphatic carbocycles. The molecule has 0 fully saturated rings. The number of likely N-dealkylation sites (N-methyl/N-ethyl adjacent to an activating group) is 2. The molecule has 2 amide bonds. The summed E-state index contributed by atoms with van der Waals surface area (Å²) in [5.41, 5.74) is 0.487. The molecule has 0 atom stereocenters. The van der Waals surface area contributed by atoms with Gasteiger partial charge < -0.3 is 10.2 Å². The molecule has 1 rings (SSSR count).